The molecular formula is C16H11BrO. The van der Waals surface area contributed by atoms with Crippen molar-refractivity contribution in [1.82, 2.24) is 0 Å². The highest BCUT2D eigenvalue weighted by Crippen LogP contribution is 2.34. The van der Waals surface area contributed by atoms with E-state index >= 15 is 0 Å². The topological polar surface area (TPSA) is 9.23 Å². The summed E-state index contributed by atoms with van der Waals surface area (Å²) >= 11 is 3.59. The lowest BCUT2D eigenvalue weighted by Gasteiger charge is -2.09. The molecule has 0 saturated carbocycles. The molecular weight excluding hydrogens is 288 g/mol. The summed E-state index contributed by atoms with van der Waals surface area (Å²) in [5, 5.41) is 4.66. The quantitative estimate of drug-likeness (QED) is 0.462. The summed E-state index contributed by atoms with van der Waals surface area (Å²) in [4.78, 5) is 0. The maximum Gasteiger partial charge on any atom is 0.134 e. The van der Waals surface area contributed by atoms with Crippen LogP contribution in [0.25, 0.3) is 21.5 Å². The molecule has 2 heteroatoms. The van der Waals surface area contributed by atoms with Crippen LogP contribution >= 0.6 is 15.9 Å². The van der Waals surface area contributed by atoms with Crippen LogP contribution in [0.15, 0.2) is 65.8 Å². The molecule has 0 unspecified atom stereocenters. The Morgan fingerprint density at radius 1 is 0.944 bits per heavy atom. The van der Waals surface area contributed by atoms with Crippen LogP contribution in [0.3, 0.4) is 0 Å². The Bertz CT molecular complexity index is 747. The van der Waals surface area contributed by atoms with Gasteiger partial charge in [0.2, 0.25) is 0 Å². The number of fused-ring (bicyclic) bond motifs is 2. The van der Waals surface area contributed by atoms with Gasteiger partial charge in [-0.05, 0) is 35.0 Å². The fraction of sp³-hybridized carbons (Fsp3) is 0. The Balaban J connectivity index is 2.43. The van der Waals surface area contributed by atoms with E-state index in [9.17, 15) is 0 Å². The largest absolute Gasteiger partial charge is 0.465 e. The first-order chi connectivity index (χ1) is 8.79. The molecule has 88 valence electrons. The van der Waals surface area contributed by atoms with E-state index in [0.29, 0.717) is 0 Å². The van der Waals surface area contributed by atoms with Crippen molar-refractivity contribution in [2.45, 2.75) is 0 Å². The van der Waals surface area contributed by atoms with Crippen molar-refractivity contribution in [2.24, 2.45) is 0 Å². The maximum absolute atomic E-state index is 5.47. The van der Waals surface area contributed by atoms with Crippen LogP contribution in [0.1, 0.15) is 0 Å². The molecule has 3 rings (SSSR count). The van der Waals surface area contributed by atoms with Crippen LogP contribution in [0, 0.1) is 0 Å². The summed E-state index contributed by atoms with van der Waals surface area (Å²) in [6, 6.07) is 16.6. The predicted molar refractivity (Wildman–Crippen MR) is 80.0 cm³/mol. The number of hydrogen-bond donors (Lipinski definition) is 0. The van der Waals surface area contributed by atoms with Crippen LogP contribution in [0.5, 0.6) is 5.75 Å². The third kappa shape index (κ3) is 1.79. The molecule has 0 aliphatic heterocycles. The maximum atomic E-state index is 5.47. The van der Waals surface area contributed by atoms with Crippen molar-refractivity contribution in [1.29, 1.82) is 0 Å². The molecule has 0 aliphatic rings. The molecule has 0 atom stereocenters. The number of rotatable bonds is 2. The summed E-state index contributed by atoms with van der Waals surface area (Å²) in [5.41, 5.74) is 0. The lowest BCUT2D eigenvalue weighted by atomic mass is 10.0. The summed E-state index contributed by atoms with van der Waals surface area (Å²) in [6.07, 6.45) is 1.46. The van der Waals surface area contributed by atoms with Gasteiger partial charge in [-0.1, -0.05) is 46.8 Å². The zero-order chi connectivity index (χ0) is 12.5. The molecule has 0 bridgehead atoms. The molecule has 18 heavy (non-hydrogen) atoms. The molecule has 0 heterocycles. The minimum Gasteiger partial charge on any atom is -0.465 e. The van der Waals surface area contributed by atoms with Crippen LogP contribution in [-0.4, -0.2) is 0 Å². The van der Waals surface area contributed by atoms with Gasteiger partial charge in [-0.15, -0.1) is 0 Å². The third-order valence-corrected chi connectivity index (χ3v) is 3.69. The highest BCUT2D eigenvalue weighted by atomic mass is 79.9. The average Bonchev–Trinajstić information content (AvgIpc) is 2.41. The van der Waals surface area contributed by atoms with E-state index < -0.39 is 0 Å². The summed E-state index contributed by atoms with van der Waals surface area (Å²) < 4.78 is 6.54. The molecule has 3 aromatic rings. The van der Waals surface area contributed by atoms with Crippen molar-refractivity contribution < 1.29 is 4.74 Å². The molecule has 1 nitrogen and oxygen atoms in total. The first-order valence-electron chi connectivity index (χ1n) is 5.68. The summed E-state index contributed by atoms with van der Waals surface area (Å²) in [5.74, 6) is 0.828. The van der Waals surface area contributed by atoms with E-state index in [1.807, 2.05) is 24.3 Å². The van der Waals surface area contributed by atoms with E-state index in [2.05, 4.69) is 46.8 Å². The second-order valence-electron chi connectivity index (χ2n) is 4.07. The molecule has 0 aromatic heterocycles. The monoisotopic (exact) mass is 298 g/mol. The van der Waals surface area contributed by atoms with Crippen LogP contribution in [-0.2, 0) is 0 Å². The van der Waals surface area contributed by atoms with Crippen molar-refractivity contribution in [2.75, 3.05) is 0 Å². The van der Waals surface area contributed by atoms with Gasteiger partial charge in [0.05, 0.1) is 6.26 Å². The van der Waals surface area contributed by atoms with Gasteiger partial charge in [-0.2, -0.15) is 0 Å². The van der Waals surface area contributed by atoms with Crippen LogP contribution in [0.2, 0.25) is 0 Å². The average molecular weight is 299 g/mol. The lowest BCUT2D eigenvalue weighted by Crippen LogP contribution is -1.85. The SMILES string of the molecule is C=COc1ccc(Br)c2cc3ccccc3cc12. The van der Waals surface area contributed by atoms with Gasteiger partial charge in [-0.25, -0.2) is 0 Å². The van der Waals surface area contributed by atoms with E-state index in [4.69, 9.17) is 4.74 Å². The van der Waals surface area contributed by atoms with Crippen molar-refractivity contribution >= 4 is 37.5 Å². The van der Waals surface area contributed by atoms with Crippen molar-refractivity contribution in [3.63, 3.8) is 0 Å². The molecule has 0 aliphatic carbocycles. The standard InChI is InChI=1S/C16H11BrO/c1-2-18-16-8-7-15(17)13-9-11-5-3-4-6-12(11)10-14(13)16/h2-10H,1H2. The highest BCUT2D eigenvalue weighted by molar-refractivity contribution is 9.10. The zero-order valence-corrected chi connectivity index (χ0v) is 11.3. The molecule has 3 aromatic carbocycles. The molecule has 0 spiro atoms. The number of halogens is 1. The second kappa shape index (κ2) is 4.46. The molecule has 0 N–H and O–H groups in total. The smallest absolute Gasteiger partial charge is 0.134 e. The number of hydrogen-bond acceptors (Lipinski definition) is 1. The van der Waals surface area contributed by atoms with Crippen LogP contribution in [0.4, 0.5) is 0 Å². The van der Waals surface area contributed by atoms with Gasteiger partial charge in [0.25, 0.3) is 0 Å². The highest BCUT2D eigenvalue weighted by Gasteiger charge is 2.06. The Hall–Kier alpha value is -1.80. The van der Waals surface area contributed by atoms with E-state index in [-0.39, 0.29) is 0 Å². The lowest BCUT2D eigenvalue weighted by molar-refractivity contribution is 0.489. The van der Waals surface area contributed by atoms with Gasteiger partial charge in [0, 0.05) is 15.2 Å². The number of ether oxygens (including phenoxy) is 1. The Kier molecular flexibility index (Phi) is 2.80. The Morgan fingerprint density at radius 3 is 2.28 bits per heavy atom. The fourth-order valence-electron chi connectivity index (χ4n) is 2.16. The summed E-state index contributed by atoms with van der Waals surface area (Å²) in [7, 11) is 0. The zero-order valence-electron chi connectivity index (χ0n) is 9.69. The van der Waals surface area contributed by atoms with Gasteiger partial charge in [0.1, 0.15) is 5.75 Å². The first-order valence-corrected chi connectivity index (χ1v) is 6.47. The number of benzene rings is 3. The van der Waals surface area contributed by atoms with E-state index in [1.165, 1.54) is 17.0 Å². The minimum atomic E-state index is 0.828. The van der Waals surface area contributed by atoms with Crippen molar-refractivity contribution in [3.05, 3.63) is 65.8 Å². The second-order valence-corrected chi connectivity index (χ2v) is 4.93. The van der Waals surface area contributed by atoms with E-state index in [1.54, 1.807) is 0 Å². The van der Waals surface area contributed by atoms with Gasteiger partial charge >= 0.3 is 0 Å². The Morgan fingerprint density at radius 2 is 1.61 bits per heavy atom. The normalized spacial score (nSPS) is 10.7. The predicted octanol–water partition coefficient (Wildman–Crippen LogP) is 5.28. The fourth-order valence-corrected chi connectivity index (χ4v) is 2.62. The molecule has 0 radical (unpaired) electrons. The first kappa shape index (κ1) is 11.3. The van der Waals surface area contributed by atoms with Gasteiger partial charge in [0.15, 0.2) is 0 Å². The summed E-state index contributed by atoms with van der Waals surface area (Å²) in [6.45, 7) is 3.61. The van der Waals surface area contributed by atoms with Gasteiger partial charge < -0.3 is 4.74 Å². The Labute approximate surface area is 114 Å². The minimum absolute atomic E-state index is 0.828. The van der Waals surface area contributed by atoms with Crippen molar-refractivity contribution in [3.8, 4) is 5.75 Å². The molecule has 0 saturated heterocycles. The van der Waals surface area contributed by atoms with E-state index in [0.717, 1.165) is 21.0 Å². The molecule has 0 amide bonds. The molecule has 0 fully saturated rings. The third-order valence-electron chi connectivity index (χ3n) is 3.00. The van der Waals surface area contributed by atoms with Gasteiger partial charge in [-0.3, -0.25) is 0 Å². The van der Waals surface area contributed by atoms with Crippen LogP contribution < -0.4 is 4.74 Å².